The molecule has 0 aliphatic heterocycles. The van der Waals surface area contributed by atoms with Crippen molar-refractivity contribution in [3.63, 3.8) is 0 Å². The molecule has 0 bridgehead atoms. The Morgan fingerprint density at radius 3 is 2.63 bits per heavy atom. The number of methoxy groups -OCH3 is 1. The van der Waals surface area contributed by atoms with Gasteiger partial charge in [0.2, 0.25) is 0 Å². The summed E-state index contributed by atoms with van der Waals surface area (Å²) < 4.78 is 24.4. The minimum Gasteiger partial charge on any atom is -0.493 e. The number of benzene rings is 2. The predicted molar refractivity (Wildman–Crippen MR) is 69.6 cm³/mol. The van der Waals surface area contributed by atoms with Gasteiger partial charge in [0.15, 0.2) is 29.4 Å². The third-order valence-electron chi connectivity index (χ3n) is 2.66. The maximum Gasteiger partial charge on any atom is 0.173 e. The molecule has 2 aromatic rings. The molecule has 0 amide bonds. The molecule has 0 atom stereocenters. The Hall–Kier alpha value is -2.36. The first kappa shape index (κ1) is 13.1. The number of carbonyl (C=O) groups is 1. The average molecular weight is 260 g/mol. The van der Waals surface area contributed by atoms with Crippen LogP contribution in [0.15, 0.2) is 36.4 Å². The molecule has 0 spiro atoms. The fourth-order valence-corrected chi connectivity index (χ4v) is 1.70. The topological polar surface area (TPSA) is 35.5 Å². The first-order valence-electron chi connectivity index (χ1n) is 5.72. The van der Waals surface area contributed by atoms with Crippen molar-refractivity contribution in [3.8, 4) is 17.2 Å². The van der Waals surface area contributed by atoms with Gasteiger partial charge in [-0.3, -0.25) is 4.79 Å². The minimum absolute atomic E-state index is 0.0975. The van der Waals surface area contributed by atoms with Crippen LogP contribution in [0.5, 0.6) is 17.2 Å². The number of ether oxygens (including phenoxy) is 2. The highest BCUT2D eigenvalue weighted by atomic mass is 19.1. The molecule has 0 aliphatic rings. The molecule has 98 valence electrons. The van der Waals surface area contributed by atoms with Crippen molar-refractivity contribution in [1.82, 2.24) is 0 Å². The van der Waals surface area contributed by atoms with Crippen LogP contribution < -0.4 is 9.47 Å². The van der Waals surface area contributed by atoms with Crippen LogP contribution in [0.4, 0.5) is 4.39 Å². The Balaban J connectivity index is 2.44. The second kappa shape index (κ2) is 5.52. The summed E-state index contributed by atoms with van der Waals surface area (Å²) in [5.41, 5.74) is 1.15. The smallest absolute Gasteiger partial charge is 0.173 e. The third-order valence-corrected chi connectivity index (χ3v) is 2.66. The van der Waals surface area contributed by atoms with E-state index in [0.29, 0.717) is 17.8 Å². The van der Waals surface area contributed by atoms with Gasteiger partial charge in [0, 0.05) is 0 Å². The van der Waals surface area contributed by atoms with Crippen molar-refractivity contribution in [2.45, 2.75) is 6.92 Å². The summed E-state index contributed by atoms with van der Waals surface area (Å²) in [6.07, 6.45) is 0.555. The van der Waals surface area contributed by atoms with Crippen molar-refractivity contribution in [2.24, 2.45) is 0 Å². The minimum atomic E-state index is -0.591. The van der Waals surface area contributed by atoms with Gasteiger partial charge in [0.25, 0.3) is 0 Å². The quantitative estimate of drug-likeness (QED) is 0.785. The second-order valence-electron chi connectivity index (χ2n) is 4.03. The largest absolute Gasteiger partial charge is 0.493 e. The van der Waals surface area contributed by atoms with Crippen molar-refractivity contribution in [1.29, 1.82) is 0 Å². The molecule has 0 aromatic heterocycles. The van der Waals surface area contributed by atoms with Gasteiger partial charge in [-0.1, -0.05) is 12.1 Å². The summed E-state index contributed by atoms with van der Waals surface area (Å²) in [6, 6.07) is 9.46. The van der Waals surface area contributed by atoms with Gasteiger partial charge in [-0.2, -0.15) is 0 Å². The first-order valence-corrected chi connectivity index (χ1v) is 5.72. The number of rotatable bonds is 4. The van der Waals surface area contributed by atoms with Crippen molar-refractivity contribution >= 4 is 6.29 Å². The van der Waals surface area contributed by atoms with Crippen molar-refractivity contribution < 1.29 is 18.7 Å². The molecule has 0 saturated heterocycles. The maximum atomic E-state index is 13.7. The van der Waals surface area contributed by atoms with Gasteiger partial charge in [0.05, 0.1) is 12.7 Å². The van der Waals surface area contributed by atoms with Gasteiger partial charge in [-0.15, -0.1) is 0 Å². The van der Waals surface area contributed by atoms with E-state index in [0.717, 1.165) is 5.56 Å². The lowest BCUT2D eigenvalue weighted by atomic mass is 10.2. The number of hydrogen-bond acceptors (Lipinski definition) is 3. The molecule has 0 unspecified atom stereocenters. The Morgan fingerprint density at radius 1 is 1.16 bits per heavy atom. The van der Waals surface area contributed by atoms with Crippen LogP contribution in [0.2, 0.25) is 0 Å². The monoisotopic (exact) mass is 260 g/mol. The van der Waals surface area contributed by atoms with Crippen LogP contribution >= 0.6 is 0 Å². The summed E-state index contributed by atoms with van der Waals surface area (Å²) in [5, 5.41) is 0. The molecule has 0 radical (unpaired) electrons. The number of halogens is 1. The van der Waals surface area contributed by atoms with E-state index in [9.17, 15) is 9.18 Å². The van der Waals surface area contributed by atoms with Crippen LogP contribution in [0, 0.1) is 12.7 Å². The van der Waals surface area contributed by atoms with Gasteiger partial charge in [-0.05, 0) is 36.8 Å². The number of para-hydroxylation sites is 1. The van der Waals surface area contributed by atoms with E-state index in [4.69, 9.17) is 9.47 Å². The van der Waals surface area contributed by atoms with Crippen molar-refractivity contribution in [2.75, 3.05) is 7.11 Å². The number of aldehydes is 1. The Bertz CT molecular complexity index is 608. The fourth-order valence-electron chi connectivity index (χ4n) is 1.70. The van der Waals surface area contributed by atoms with Crippen LogP contribution in [0.25, 0.3) is 0 Å². The molecule has 0 aliphatic carbocycles. The van der Waals surface area contributed by atoms with Crippen molar-refractivity contribution in [3.05, 3.63) is 53.3 Å². The Kier molecular flexibility index (Phi) is 3.80. The molecule has 0 N–H and O–H groups in total. The molecule has 4 heteroatoms. The lowest BCUT2D eigenvalue weighted by Crippen LogP contribution is -1.96. The summed E-state index contributed by atoms with van der Waals surface area (Å²) in [6.45, 7) is 1.91. The Labute approximate surface area is 110 Å². The highest BCUT2D eigenvalue weighted by Gasteiger charge is 2.13. The van der Waals surface area contributed by atoms with Crippen LogP contribution in [-0.4, -0.2) is 13.4 Å². The fraction of sp³-hybridized carbons (Fsp3) is 0.133. The van der Waals surface area contributed by atoms with Gasteiger partial charge < -0.3 is 9.47 Å². The molecule has 3 nitrogen and oxygen atoms in total. The van der Waals surface area contributed by atoms with Crippen LogP contribution in [-0.2, 0) is 0 Å². The zero-order valence-corrected chi connectivity index (χ0v) is 10.6. The molecule has 2 aromatic carbocycles. The van der Waals surface area contributed by atoms with Gasteiger partial charge in [-0.25, -0.2) is 4.39 Å². The maximum absolute atomic E-state index is 13.7. The molecule has 19 heavy (non-hydrogen) atoms. The summed E-state index contributed by atoms with van der Waals surface area (Å²) >= 11 is 0. The van der Waals surface area contributed by atoms with E-state index in [2.05, 4.69) is 0 Å². The van der Waals surface area contributed by atoms with Crippen LogP contribution in [0.3, 0.4) is 0 Å². The number of hydrogen-bond donors (Lipinski definition) is 0. The first-order chi connectivity index (χ1) is 9.15. The average Bonchev–Trinajstić information content (AvgIpc) is 2.42. The second-order valence-corrected chi connectivity index (χ2v) is 4.03. The number of carbonyl (C=O) groups excluding carboxylic acids is 1. The third kappa shape index (κ3) is 2.73. The molecule has 2 rings (SSSR count). The zero-order valence-electron chi connectivity index (χ0n) is 10.6. The highest BCUT2D eigenvalue weighted by Crippen LogP contribution is 2.34. The zero-order chi connectivity index (χ0) is 13.8. The molecule has 0 heterocycles. The molecule has 0 saturated carbocycles. The SMILES string of the molecule is COc1cc(C)ccc1Oc1c(F)cccc1C=O. The van der Waals surface area contributed by atoms with Gasteiger partial charge >= 0.3 is 0 Å². The van der Waals surface area contributed by atoms with E-state index in [1.54, 1.807) is 12.1 Å². The standard InChI is InChI=1S/C15H13FO3/c1-10-6-7-13(14(8-10)18-2)19-15-11(9-17)4-3-5-12(15)16/h3-9H,1-2H3. The lowest BCUT2D eigenvalue weighted by Gasteiger charge is -2.12. The lowest BCUT2D eigenvalue weighted by molar-refractivity contribution is 0.112. The number of aryl methyl sites for hydroxylation is 1. The van der Waals surface area contributed by atoms with E-state index >= 15 is 0 Å². The van der Waals surface area contributed by atoms with E-state index in [1.807, 2.05) is 13.0 Å². The predicted octanol–water partition coefficient (Wildman–Crippen LogP) is 3.75. The molecule has 0 fully saturated rings. The summed E-state index contributed by atoms with van der Waals surface area (Å²) in [4.78, 5) is 10.9. The normalized spacial score (nSPS) is 10.1. The Morgan fingerprint density at radius 2 is 1.95 bits per heavy atom. The van der Waals surface area contributed by atoms with Crippen LogP contribution in [0.1, 0.15) is 15.9 Å². The van der Waals surface area contributed by atoms with E-state index in [1.165, 1.54) is 25.3 Å². The van der Waals surface area contributed by atoms with E-state index < -0.39 is 5.82 Å². The molecular weight excluding hydrogens is 247 g/mol. The van der Waals surface area contributed by atoms with Gasteiger partial charge in [0.1, 0.15) is 0 Å². The highest BCUT2D eigenvalue weighted by molar-refractivity contribution is 5.79. The summed E-state index contributed by atoms with van der Waals surface area (Å²) in [5.74, 6) is 0.160. The molecular formula is C15H13FO3. The summed E-state index contributed by atoms with van der Waals surface area (Å²) in [7, 11) is 1.50. The van der Waals surface area contributed by atoms with E-state index in [-0.39, 0.29) is 11.3 Å².